The maximum Gasteiger partial charge on any atom is 0.242 e. The number of benzene rings is 2. The Balaban J connectivity index is 2.08. The third-order valence-corrected chi connectivity index (χ3v) is 6.47. The first-order chi connectivity index (χ1) is 15.6. The number of carbonyl (C=O) groups is 2. The number of nitrogens with zero attached hydrogens (tertiary/aromatic N) is 2. The summed E-state index contributed by atoms with van der Waals surface area (Å²) in [5.41, 5.74) is 1.65. The van der Waals surface area contributed by atoms with E-state index in [1.54, 1.807) is 36.1 Å². The van der Waals surface area contributed by atoms with Crippen molar-refractivity contribution in [1.29, 1.82) is 0 Å². The maximum atomic E-state index is 13.1. The second kappa shape index (κ2) is 12.4. The number of hydrogen-bond donors (Lipinski definition) is 1. The molecule has 0 aliphatic heterocycles. The third kappa shape index (κ3) is 8.53. The van der Waals surface area contributed by atoms with Gasteiger partial charge in [-0.15, -0.1) is 0 Å². The van der Waals surface area contributed by atoms with Crippen molar-refractivity contribution in [2.75, 3.05) is 23.7 Å². The highest BCUT2D eigenvalue weighted by atomic mass is 32.2. The van der Waals surface area contributed by atoms with Crippen molar-refractivity contribution in [3.05, 3.63) is 66.2 Å². The van der Waals surface area contributed by atoms with Gasteiger partial charge in [-0.3, -0.25) is 13.9 Å². The van der Waals surface area contributed by atoms with Crippen LogP contribution in [0.25, 0.3) is 0 Å². The summed E-state index contributed by atoms with van der Waals surface area (Å²) < 4.78 is 25.9. The highest BCUT2D eigenvalue weighted by Crippen LogP contribution is 2.18. The first-order valence-electron chi connectivity index (χ1n) is 11.3. The molecule has 0 aliphatic carbocycles. The average Bonchev–Trinajstić information content (AvgIpc) is 2.76. The topological polar surface area (TPSA) is 86.8 Å². The van der Waals surface area contributed by atoms with Gasteiger partial charge < -0.3 is 10.2 Å². The van der Waals surface area contributed by atoms with Crippen LogP contribution >= 0.6 is 0 Å². The van der Waals surface area contributed by atoms with E-state index in [2.05, 4.69) is 5.32 Å². The fourth-order valence-corrected chi connectivity index (χ4v) is 4.54. The lowest BCUT2D eigenvalue weighted by Crippen LogP contribution is -2.50. The molecule has 2 aromatic carbocycles. The van der Waals surface area contributed by atoms with Crippen molar-refractivity contribution in [2.45, 2.75) is 52.1 Å². The average molecular weight is 474 g/mol. The molecule has 33 heavy (non-hydrogen) atoms. The van der Waals surface area contributed by atoms with Crippen molar-refractivity contribution >= 4 is 27.5 Å². The SMILES string of the molecule is CC(C)NC(=O)C(C)N(CCc1ccccc1)C(=O)CCCN(c1ccccc1)S(C)(=O)=O. The molecule has 2 rings (SSSR count). The second-order valence-electron chi connectivity index (χ2n) is 8.44. The normalized spacial score (nSPS) is 12.3. The number of sulfonamides is 1. The van der Waals surface area contributed by atoms with E-state index < -0.39 is 16.1 Å². The van der Waals surface area contributed by atoms with Crippen LogP contribution in [0.3, 0.4) is 0 Å². The van der Waals surface area contributed by atoms with Gasteiger partial charge in [0.25, 0.3) is 0 Å². The van der Waals surface area contributed by atoms with Crippen LogP contribution < -0.4 is 9.62 Å². The quantitative estimate of drug-likeness (QED) is 0.513. The van der Waals surface area contributed by atoms with E-state index in [0.717, 1.165) is 11.8 Å². The molecule has 0 aliphatic rings. The molecule has 0 radical (unpaired) electrons. The van der Waals surface area contributed by atoms with Crippen molar-refractivity contribution in [3.8, 4) is 0 Å². The standard InChI is InChI=1S/C25H35N3O4S/c1-20(2)26-25(30)21(3)27(19-17-22-12-7-5-8-13-22)24(29)16-11-18-28(33(4,31)32)23-14-9-6-10-15-23/h5-10,12-15,20-21H,11,16-19H2,1-4H3,(H,26,30). The zero-order chi connectivity index (χ0) is 24.4. The summed E-state index contributed by atoms with van der Waals surface area (Å²) in [5.74, 6) is -0.368. The molecule has 1 atom stereocenters. The molecule has 0 bridgehead atoms. The van der Waals surface area contributed by atoms with E-state index in [1.807, 2.05) is 50.2 Å². The minimum absolute atomic E-state index is 0.0276. The van der Waals surface area contributed by atoms with Crippen molar-refractivity contribution in [1.82, 2.24) is 10.2 Å². The number of para-hydroxylation sites is 1. The third-order valence-electron chi connectivity index (χ3n) is 5.28. The number of anilines is 1. The van der Waals surface area contributed by atoms with Crippen LogP contribution in [0.1, 0.15) is 39.2 Å². The number of hydrogen-bond acceptors (Lipinski definition) is 4. The Bertz CT molecular complexity index is 995. The Morgan fingerprint density at radius 2 is 1.48 bits per heavy atom. The Labute approximate surface area is 197 Å². The van der Waals surface area contributed by atoms with Gasteiger partial charge in [-0.05, 0) is 51.3 Å². The van der Waals surface area contributed by atoms with Gasteiger partial charge in [0.15, 0.2) is 0 Å². The number of rotatable bonds is 12. The zero-order valence-corrected chi connectivity index (χ0v) is 20.7. The molecule has 0 saturated carbocycles. The first kappa shape index (κ1) is 26.4. The fourth-order valence-electron chi connectivity index (χ4n) is 3.57. The fraction of sp³-hybridized carbons (Fsp3) is 0.440. The first-order valence-corrected chi connectivity index (χ1v) is 13.1. The zero-order valence-electron chi connectivity index (χ0n) is 19.9. The van der Waals surface area contributed by atoms with E-state index in [0.29, 0.717) is 25.1 Å². The Hall–Kier alpha value is -2.87. The van der Waals surface area contributed by atoms with E-state index in [-0.39, 0.29) is 30.8 Å². The predicted molar refractivity (Wildman–Crippen MR) is 132 cm³/mol. The molecule has 7 nitrogen and oxygen atoms in total. The van der Waals surface area contributed by atoms with Crippen LogP contribution in [0.15, 0.2) is 60.7 Å². The molecule has 8 heteroatoms. The van der Waals surface area contributed by atoms with Crippen LogP contribution in [0.4, 0.5) is 5.69 Å². The lowest BCUT2D eigenvalue weighted by molar-refractivity contribution is -0.140. The summed E-state index contributed by atoms with van der Waals surface area (Å²) in [4.78, 5) is 27.4. The molecule has 0 aromatic heterocycles. The molecule has 0 spiro atoms. The smallest absolute Gasteiger partial charge is 0.242 e. The van der Waals surface area contributed by atoms with Crippen LogP contribution in [0, 0.1) is 0 Å². The molecular weight excluding hydrogens is 438 g/mol. The number of nitrogens with one attached hydrogen (secondary N) is 1. The maximum absolute atomic E-state index is 13.1. The van der Waals surface area contributed by atoms with Crippen LogP contribution in [-0.2, 0) is 26.0 Å². The largest absolute Gasteiger partial charge is 0.352 e. The molecular formula is C25H35N3O4S. The molecule has 2 amide bonds. The van der Waals surface area contributed by atoms with E-state index in [9.17, 15) is 18.0 Å². The van der Waals surface area contributed by atoms with Crippen LogP contribution in [0.2, 0.25) is 0 Å². The molecule has 180 valence electrons. The second-order valence-corrected chi connectivity index (χ2v) is 10.3. The van der Waals surface area contributed by atoms with Gasteiger partial charge in [0, 0.05) is 25.6 Å². The minimum atomic E-state index is -3.48. The van der Waals surface area contributed by atoms with Crippen molar-refractivity contribution in [2.24, 2.45) is 0 Å². The van der Waals surface area contributed by atoms with Crippen LogP contribution in [0.5, 0.6) is 0 Å². The van der Waals surface area contributed by atoms with Gasteiger partial charge in [-0.25, -0.2) is 8.42 Å². The van der Waals surface area contributed by atoms with Gasteiger partial charge in [-0.1, -0.05) is 48.5 Å². The summed E-state index contributed by atoms with van der Waals surface area (Å²) in [7, 11) is -3.48. The summed E-state index contributed by atoms with van der Waals surface area (Å²) in [6.45, 7) is 6.08. The minimum Gasteiger partial charge on any atom is -0.352 e. The lowest BCUT2D eigenvalue weighted by Gasteiger charge is -2.30. The molecule has 1 N–H and O–H groups in total. The molecule has 1 unspecified atom stereocenters. The molecule has 0 saturated heterocycles. The monoisotopic (exact) mass is 473 g/mol. The van der Waals surface area contributed by atoms with Crippen LogP contribution in [-0.4, -0.2) is 56.6 Å². The van der Waals surface area contributed by atoms with Gasteiger partial charge in [0.1, 0.15) is 6.04 Å². The highest BCUT2D eigenvalue weighted by molar-refractivity contribution is 7.92. The Kier molecular flexibility index (Phi) is 9.91. The summed E-state index contributed by atoms with van der Waals surface area (Å²) in [5, 5.41) is 2.87. The van der Waals surface area contributed by atoms with Gasteiger partial charge in [0.2, 0.25) is 21.8 Å². The molecule has 0 fully saturated rings. The Morgan fingerprint density at radius 3 is 2.03 bits per heavy atom. The Morgan fingerprint density at radius 1 is 0.909 bits per heavy atom. The highest BCUT2D eigenvalue weighted by Gasteiger charge is 2.26. The van der Waals surface area contributed by atoms with E-state index >= 15 is 0 Å². The van der Waals surface area contributed by atoms with Gasteiger partial charge in [-0.2, -0.15) is 0 Å². The van der Waals surface area contributed by atoms with E-state index in [1.165, 1.54) is 4.31 Å². The van der Waals surface area contributed by atoms with Crippen molar-refractivity contribution in [3.63, 3.8) is 0 Å². The number of amides is 2. The summed E-state index contributed by atoms with van der Waals surface area (Å²) >= 11 is 0. The number of carbonyl (C=O) groups excluding carboxylic acids is 2. The van der Waals surface area contributed by atoms with Crippen molar-refractivity contribution < 1.29 is 18.0 Å². The molecule has 0 heterocycles. The summed E-state index contributed by atoms with van der Waals surface area (Å²) in [6, 6.07) is 18.0. The molecule has 2 aromatic rings. The summed E-state index contributed by atoms with van der Waals surface area (Å²) in [6.07, 6.45) is 2.28. The van der Waals surface area contributed by atoms with Gasteiger partial charge in [0.05, 0.1) is 11.9 Å². The van der Waals surface area contributed by atoms with E-state index in [4.69, 9.17) is 0 Å². The van der Waals surface area contributed by atoms with Gasteiger partial charge >= 0.3 is 0 Å². The lowest BCUT2D eigenvalue weighted by atomic mass is 10.1. The predicted octanol–water partition coefficient (Wildman–Crippen LogP) is 3.22.